The number of fused-ring (bicyclic) bond motifs is 1. The Bertz CT molecular complexity index is 893. The summed E-state index contributed by atoms with van der Waals surface area (Å²) in [5.41, 5.74) is 3.25. The maximum atomic E-state index is 5.67. The minimum absolute atomic E-state index is 0. The SMILES string of the molecule is CCOc1ccccc1CNC(=NC)NCc1cccc2cccnc12.I. The molecule has 0 saturated heterocycles. The van der Waals surface area contributed by atoms with Gasteiger partial charge in [0.1, 0.15) is 5.75 Å². The summed E-state index contributed by atoms with van der Waals surface area (Å²) in [6.07, 6.45) is 1.82. The Labute approximate surface area is 177 Å². The molecule has 0 aliphatic rings. The molecule has 0 aliphatic heterocycles. The number of pyridine rings is 1. The first kappa shape index (κ1) is 21.0. The average Bonchev–Trinajstić information content (AvgIpc) is 2.69. The summed E-state index contributed by atoms with van der Waals surface area (Å²) in [4.78, 5) is 8.80. The highest BCUT2D eigenvalue weighted by Crippen LogP contribution is 2.18. The molecule has 0 amide bonds. The van der Waals surface area contributed by atoms with E-state index in [1.165, 1.54) is 0 Å². The van der Waals surface area contributed by atoms with Gasteiger partial charge in [-0.25, -0.2) is 0 Å². The van der Waals surface area contributed by atoms with E-state index >= 15 is 0 Å². The summed E-state index contributed by atoms with van der Waals surface area (Å²) < 4.78 is 5.67. The molecule has 0 bridgehead atoms. The summed E-state index contributed by atoms with van der Waals surface area (Å²) in [6, 6.07) is 18.3. The lowest BCUT2D eigenvalue weighted by atomic mass is 10.1. The topological polar surface area (TPSA) is 58.5 Å². The predicted octanol–water partition coefficient (Wildman–Crippen LogP) is 4.12. The van der Waals surface area contributed by atoms with Crippen molar-refractivity contribution in [3.05, 3.63) is 71.9 Å². The maximum Gasteiger partial charge on any atom is 0.191 e. The van der Waals surface area contributed by atoms with Gasteiger partial charge in [0.2, 0.25) is 0 Å². The van der Waals surface area contributed by atoms with Gasteiger partial charge in [0.25, 0.3) is 0 Å². The van der Waals surface area contributed by atoms with Crippen LogP contribution in [0.2, 0.25) is 0 Å². The molecule has 0 aliphatic carbocycles. The molecule has 0 radical (unpaired) electrons. The molecule has 3 aromatic rings. The molecule has 1 heterocycles. The van der Waals surface area contributed by atoms with Crippen LogP contribution in [0.3, 0.4) is 0 Å². The fourth-order valence-electron chi connectivity index (χ4n) is 2.83. The smallest absolute Gasteiger partial charge is 0.191 e. The van der Waals surface area contributed by atoms with Crippen molar-refractivity contribution in [1.82, 2.24) is 15.6 Å². The number of nitrogens with zero attached hydrogens (tertiary/aromatic N) is 2. The molecule has 6 heteroatoms. The molecule has 0 spiro atoms. The number of hydrogen-bond acceptors (Lipinski definition) is 3. The monoisotopic (exact) mass is 476 g/mol. The minimum Gasteiger partial charge on any atom is -0.494 e. The summed E-state index contributed by atoms with van der Waals surface area (Å²) in [6.45, 7) is 3.94. The molecular weight excluding hydrogens is 451 g/mol. The summed E-state index contributed by atoms with van der Waals surface area (Å²) >= 11 is 0. The molecule has 5 nitrogen and oxygen atoms in total. The summed E-state index contributed by atoms with van der Waals surface area (Å²) in [7, 11) is 1.77. The number of nitrogens with one attached hydrogen (secondary N) is 2. The van der Waals surface area contributed by atoms with E-state index in [-0.39, 0.29) is 24.0 Å². The van der Waals surface area contributed by atoms with Crippen molar-refractivity contribution >= 4 is 40.8 Å². The Kier molecular flexibility index (Phi) is 8.32. The number of rotatable bonds is 6. The van der Waals surface area contributed by atoms with Gasteiger partial charge in [-0.15, -0.1) is 24.0 Å². The minimum atomic E-state index is 0. The second-order valence-electron chi connectivity index (χ2n) is 5.81. The van der Waals surface area contributed by atoms with Crippen LogP contribution >= 0.6 is 24.0 Å². The number of para-hydroxylation sites is 2. The molecule has 142 valence electrons. The quantitative estimate of drug-likeness (QED) is 0.320. The molecule has 3 rings (SSSR count). The van der Waals surface area contributed by atoms with Crippen molar-refractivity contribution in [2.24, 2.45) is 4.99 Å². The van der Waals surface area contributed by atoms with E-state index in [4.69, 9.17) is 4.74 Å². The van der Waals surface area contributed by atoms with Gasteiger partial charge in [-0.2, -0.15) is 0 Å². The van der Waals surface area contributed by atoms with Crippen LogP contribution in [0.5, 0.6) is 5.75 Å². The van der Waals surface area contributed by atoms with E-state index < -0.39 is 0 Å². The largest absolute Gasteiger partial charge is 0.494 e. The van der Waals surface area contributed by atoms with Gasteiger partial charge in [-0.3, -0.25) is 9.98 Å². The van der Waals surface area contributed by atoms with Crippen LogP contribution in [0.25, 0.3) is 10.9 Å². The van der Waals surface area contributed by atoms with Crippen LogP contribution in [0, 0.1) is 0 Å². The Hall–Kier alpha value is -2.35. The Morgan fingerprint density at radius 2 is 1.67 bits per heavy atom. The zero-order valence-corrected chi connectivity index (χ0v) is 17.9. The van der Waals surface area contributed by atoms with Gasteiger partial charge in [0.15, 0.2) is 5.96 Å². The number of aromatic nitrogens is 1. The third-order valence-electron chi connectivity index (χ3n) is 4.10. The second kappa shape index (κ2) is 10.7. The number of guanidine groups is 1. The first-order valence-corrected chi connectivity index (χ1v) is 8.79. The van der Waals surface area contributed by atoms with Gasteiger partial charge in [0.05, 0.1) is 12.1 Å². The average molecular weight is 476 g/mol. The van der Waals surface area contributed by atoms with Crippen LogP contribution in [-0.4, -0.2) is 24.6 Å². The third-order valence-corrected chi connectivity index (χ3v) is 4.10. The van der Waals surface area contributed by atoms with Crippen LogP contribution in [0.15, 0.2) is 65.8 Å². The third kappa shape index (κ3) is 5.56. The molecule has 0 unspecified atom stereocenters. The lowest BCUT2D eigenvalue weighted by Gasteiger charge is -2.15. The lowest BCUT2D eigenvalue weighted by Crippen LogP contribution is -2.36. The van der Waals surface area contributed by atoms with Crippen molar-refractivity contribution in [3.8, 4) is 5.75 Å². The van der Waals surface area contributed by atoms with Gasteiger partial charge < -0.3 is 15.4 Å². The van der Waals surface area contributed by atoms with Crippen LogP contribution in [0.1, 0.15) is 18.1 Å². The van der Waals surface area contributed by atoms with E-state index in [9.17, 15) is 0 Å². The highest BCUT2D eigenvalue weighted by Gasteiger charge is 2.06. The Balaban J connectivity index is 0.00000261. The number of halogens is 1. The van der Waals surface area contributed by atoms with Crippen molar-refractivity contribution in [3.63, 3.8) is 0 Å². The Morgan fingerprint density at radius 1 is 0.963 bits per heavy atom. The maximum absolute atomic E-state index is 5.67. The molecule has 2 N–H and O–H groups in total. The second-order valence-corrected chi connectivity index (χ2v) is 5.81. The molecule has 27 heavy (non-hydrogen) atoms. The summed E-state index contributed by atoms with van der Waals surface area (Å²) in [5.74, 6) is 1.64. The van der Waals surface area contributed by atoms with Crippen molar-refractivity contribution < 1.29 is 4.74 Å². The van der Waals surface area contributed by atoms with Gasteiger partial charge in [-0.1, -0.05) is 42.5 Å². The zero-order valence-electron chi connectivity index (χ0n) is 15.6. The van der Waals surface area contributed by atoms with Gasteiger partial charge in [-0.05, 0) is 24.6 Å². The zero-order chi connectivity index (χ0) is 18.2. The first-order valence-electron chi connectivity index (χ1n) is 8.79. The number of ether oxygens (including phenoxy) is 1. The fraction of sp³-hybridized carbons (Fsp3) is 0.238. The van der Waals surface area contributed by atoms with Crippen LogP contribution < -0.4 is 15.4 Å². The highest BCUT2D eigenvalue weighted by atomic mass is 127. The van der Waals surface area contributed by atoms with Crippen molar-refractivity contribution in [2.45, 2.75) is 20.0 Å². The van der Waals surface area contributed by atoms with E-state index in [1.54, 1.807) is 7.05 Å². The Morgan fingerprint density at radius 3 is 2.44 bits per heavy atom. The summed E-state index contributed by atoms with van der Waals surface area (Å²) in [5, 5.41) is 7.84. The van der Waals surface area contributed by atoms with E-state index in [0.717, 1.165) is 33.7 Å². The highest BCUT2D eigenvalue weighted by molar-refractivity contribution is 14.0. The number of hydrogen-bond donors (Lipinski definition) is 2. The van der Waals surface area contributed by atoms with E-state index in [2.05, 4.69) is 50.9 Å². The molecular formula is C21H25IN4O. The van der Waals surface area contributed by atoms with Crippen LogP contribution in [0.4, 0.5) is 0 Å². The van der Waals surface area contributed by atoms with Crippen molar-refractivity contribution in [1.29, 1.82) is 0 Å². The van der Waals surface area contributed by atoms with Crippen molar-refractivity contribution in [2.75, 3.05) is 13.7 Å². The number of benzene rings is 2. The fourth-order valence-corrected chi connectivity index (χ4v) is 2.83. The number of aliphatic imine (C=N–C) groups is 1. The van der Waals surface area contributed by atoms with E-state index in [0.29, 0.717) is 19.7 Å². The molecule has 0 atom stereocenters. The normalized spacial score (nSPS) is 11.0. The molecule has 1 aromatic heterocycles. The predicted molar refractivity (Wildman–Crippen MR) is 122 cm³/mol. The first-order chi connectivity index (χ1) is 12.8. The molecule has 0 fully saturated rings. The molecule has 2 aromatic carbocycles. The van der Waals surface area contributed by atoms with Gasteiger partial charge in [0, 0.05) is 37.3 Å². The lowest BCUT2D eigenvalue weighted by molar-refractivity contribution is 0.336. The van der Waals surface area contributed by atoms with E-state index in [1.807, 2.05) is 37.4 Å². The standard InChI is InChI=1S/C21H24N4O.HI/c1-3-26-19-12-5-4-8-17(19)14-24-21(22-2)25-15-18-10-6-9-16-11-7-13-23-20(16)18;/h4-13H,3,14-15H2,1-2H3,(H2,22,24,25);1H. The van der Waals surface area contributed by atoms with Gasteiger partial charge >= 0.3 is 0 Å². The molecule has 0 saturated carbocycles. The van der Waals surface area contributed by atoms with Crippen LogP contribution in [-0.2, 0) is 13.1 Å².